The highest BCUT2D eigenvalue weighted by Crippen LogP contribution is 2.60. The first-order valence-corrected chi connectivity index (χ1v) is 13.2. The Morgan fingerprint density at radius 1 is 1.10 bits per heavy atom. The first kappa shape index (κ1) is 20.9. The van der Waals surface area contributed by atoms with Crippen molar-refractivity contribution in [3.8, 4) is 0 Å². The molecular weight excluding hydrogens is 384 g/mol. The molecule has 4 aliphatic carbocycles. The second-order valence-corrected chi connectivity index (χ2v) is 12.4. The summed E-state index contributed by atoms with van der Waals surface area (Å²) >= 11 is 0. The zero-order valence-corrected chi connectivity index (χ0v) is 19.8. The average molecular weight is 427 g/mol. The van der Waals surface area contributed by atoms with Crippen LogP contribution >= 0.6 is 0 Å². The predicted octanol–water partition coefficient (Wildman–Crippen LogP) is 4.59. The molecule has 1 spiro atoms. The van der Waals surface area contributed by atoms with Crippen LogP contribution in [0.25, 0.3) is 0 Å². The van der Waals surface area contributed by atoms with Gasteiger partial charge in [-0.25, -0.2) is 0 Å². The van der Waals surface area contributed by atoms with E-state index in [9.17, 15) is 4.79 Å². The van der Waals surface area contributed by atoms with Crippen LogP contribution in [0.5, 0.6) is 0 Å². The van der Waals surface area contributed by atoms with Crippen LogP contribution in [0.15, 0.2) is 11.1 Å². The van der Waals surface area contributed by atoms with Gasteiger partial charge in [-0.3, -0.25) is 10.1 Å². The maximum Gasteiger partial charge on any atom is 0.133 e. The molecule has 0 amide bonds. The van der Waals surface area contributed by atoms with Crippen molar-refractivity contribution in [3.05, 3.63) is 11.1 Å². The van der Waals surface area contributed by atoms with Gasteiger partial charge in [-0.2, -0.15) is 0 Å². The number of fused-ring (bicyclic) bond motifs is 6. The van der Waals surface area contributed by atoms with E-state index in [4.69, 9.17) is 4.74 Å². The predicted molar refractivity (Wildman–Crippen MR) is 123 cm³/mol. The van der Waals surface area contributed by atoms with E-state index in [0.717, 1.165) is 55.9 Å². The quantitative estimate of drug-likeness (QED) is 0.602. The van der Waals surface area contributed by atoms with Gasteiger partial charge in [-0.05, 0) is 107 Å². The van der Waals surface area contributed by atoms with Crippen molar-refractivity contribution in [1.82, 2.24) is 10.6 Å². The lowest BCUT2D eigenvalue weighted by molar-refractivity contribution is -0.124. The number of hydrogen-bond acceptors (Lipinski definition) is 4. The molecule has 9 atom stereocenters. The fourth-order valence-electron chi connectivity index (χ4n) is 9.26. The van der Waals surface area contributed by atoms with Gasteiger partial charge in [0.05, 0.1) is 17.4 Å². The Morgan fingerprint density at radius 3 is 2.81 bits per heavy atom. The van der Waals surface area contributed by atoms with Crippen molar-refractivity contribution in [2.45, 2.75) is 102 Å². The number of hydrogen-bond donors (Lipinski definition) is 2. The zero-order valence-electron chi connectivity index (χ0n) is 19.8. The fourth-order valence-corrected chi connectivity index (χ4v) is 9.26. The third-order valence-electron chi connectivity index (χ3n) is 10.7. The van der Waals surface area contributed by atoms with Crippen LogP contribution in [0, 0.1) is 35.5 Å². The molecule has 6 rings (SSSR count). The minimum atomic E-state index is -0.0356. The third kappa shape index (κ3) is 3.22. The summed E-state index contributed by atoms with van der Waals surface area (Å²) in [6, 6.07) is 0. The number of ether oxygens (including phenoxy) is 1. The van der Waals surface area contributed by atoms with E-state index in [-0.39, 0.29) is 11.3 Å². The molecule has 0 bridgehead atoms. The monoisotopic (exact) mass is 426 g/mol. The molecule has 5 fully saturated rings. The number of carbonyl (C=O) groups excluding carboxylic acids is 1. The highest BCUT2D eigenvalue weighted by atomic mass is 16.5. The van der Waals surface area contributed by atoms with Gasteiger partial charge in [0.1, 0.15) is 5.78 Å². The molecule has 0 radical (unpaired) electrons. The molecule has 6 aliphatic rings. The molecule has 2 N–H and O–H groups in total. The zero-order chi connectivity index (χ0) is 21.4. The van der Waals surface area contributed by atoms with Gasteiger partial charge in [0, 0.05) is 19.3 Å². The molecular formula is C27H42N2O2. The smallest absolute Gasteiger partial charge is 0.133 e. The van der Waals surface area contributed by atoms with Crippen molar-refractivity contribution in [3.63, 3.8) is 0 Å². The first-order chi connectivity index (χ1) is 14.9. The number of nitrogens with one attached hydrogen (secondary N) is 2. The van der Waals surface area contributed by atoms with Gasteiger partial charge in [0.2, 0.25) is 0 Å². The Morgan fingerprint density at radius 2 is 1.97 bits per heavy atom. The van der Waals surface area contributed by atoms with Crippen LogP contribution in [0.2, 0.25) is 0 Å². The molecule has 3 saturated carbocycles. The molecule has 0 aromatic rings. The molecule has 4 heteroatoms. The van der Waals surface area contributed by atoms with Crippen LogP contribution in [0.3, 0.4) is 0 Å². The molecule has 2 aliphatic heterocycles. The first-order valence-electron chi connectivity index (χ1n) is 13.2. The molecule has 31 heavy (non-hydrogen) atoms. The maximum absolute atomic E-state index is 12.0. The summed E-state index contributed by atoms with van der Waals surface area (Å²) in [4.78, 5) is 12.0. The van der Waals surface area contributed by atoms with Gasteiger partial charge in [0.25, 0.3) is 0 Å². The fraction of sp³-hybridized carbons (Fsp3) is 0.889. The van der Waals surface area contributed by atoms with E-state index in [0.29, 0.717) is 23.7 Å². The van der Waals surface area contributed by atoms with E-state index in [1.807, 2.05) is 5.57 Å². The normalized spacial score (nSPS) is 51.8. The van der Waals surface area contributed by atoms with Crippen LogP contribution in [0.1, 0.15) is 84.5 Å². The lowest BCUT2D eigenvalue weighted by Crippen LogP contribution is -2.65. The Hall–Kier alpha value is -0.710. The van der Waals surface area contributed by atoms with Crippen molar-refractivity contribution in [1.29, 1.82) is 0 Å². The van der Waals surface area contributed by atoms with E-state index >= 15 is 0 Å². The van der Waals surface area contributed by atoms with E-state index in [1.54, 1.807) is 5.57 Å². The van der Waals surface area contributed by atoms with Gasteiger partial charge in [0.15, 0.2) is 0 Å². The largest absolute Gasteiger partial charge is 0.368 e. The third-order valence-corrected chi connectivity index (χ3v) is 10.7. The topological polar surface area (TPSA) is 50.4 Å². The number of ketones is 1. The molecule has 9 unspecified atom stereocenters. The minimum Gasteiger partial charge on any atom is -0.368 e. The van der Waals surface area contributed by atoms with Crippen LogP contribution in [-0.2, 0) is 9.53 Å². The number of Topliss-reactive ketones (excluding diaryl/α,β-unsaturated/α-hetero) is 1. The summed E-state index contributed by atoms with van der Waals surface area (Å²) in [7, 11) is 2.12. The maximum atomic E-state index is 12.0. The molecule has 2 saturated heterocycles. The van der Waals surface area contributed by atoms with Crippen molar-refractivity contribution < 1.29 is 9.53 Å². The highest BCUT2D eigenvalue weighted by molar-refractivity contribution is 5.79. The van der Waals surface area contributed by atoms with Crippen LogP contribution in [-0.4, -0.2) is 36.7 Å². The minimum absolute atomic E-state index is 0.0100. The van der Waals surface area contributed by atoms with Gasteiger partial charge >= 0.3 is 0 Å². The van der Waals surface area contributed by atoms with E-state index in [1.165, 1.54) is 44.9 Å². The Balaban J connectivity index is 1.25. The Labute approximate surface area is 188 Å². The van der Waals surface area contributed by atoms with Crippen molar-refractivity contribution in [2.24, 2.45) is 35.5 Å². The Kier molecular flexibility index (Phi) is 4.98. The summed E-state index contributed by atoms with van der Waals surface area (Å²) < 4.78 is 7.01. The van der Waals surface area contributed by atoms with Gasteiger partial charge in [-0.15, -0.1) is 0 Å². The molecule has 0 aromatic heterocycles. The summed E-state index contributed by atoms with van der Waals surface area (Å²) in [6.45, 7) is 5.87. The van der Waals surface area contributed by atoms with Crippen molar-refractivity contribution >= 4 is 5.78 Å². The van der Waals surface area contributed by atoms with Crippen molar-refractivity contribution in [2.75, 3.05) is 13.6 Å². The number of piperidine rings is 1. The molecule has 172 valence electrons. The average Bonchev–Trinajstić information content (AvgIpc) is 3.24. The number of rotatable bonds is 1. The lowest BCUT2D eigenvalue weighted by Gasteiger charge is -2.44. The van der Waals surface area contributed by atoms with Crippen LogP contribution < -0.4 is 10.6 Å². The second-order valence-electron chi connectivity index (χ2n) is 12.4. The molecule has 0 aromatic carbocycles. The number of allylic oxidation sites excluding steroid dienone is 1. The Bertz CT molecular complexity index is 792. The van der Waals surface area contributed by atoms with Gasteiger partial charge < -0.3 is 10.1 Å². The standard InChI is InChI=1S/C27H42N2O2/c1-16-10-25-27(28-3,29-14-16)15-26(31-25)9-8-22-21-6-4-18-11-19(30)5-7-20(18)24(21)12-23(22)17(2)13-26/h16,18,20-22,24-25,28-29H,4-15H2,1-3H3. The SMILES string of the molecule is CNC12CC3(CCC4C(=C(C)C3)CC3C5CCC(=O)CC5CCC43)OC1CC(C)CN2. The molecule has 2 heterocycles. The summed E-state index contributed by atoms with van der Waals surface area (Å²) in [5.74, 6) is 5.24. The number of carbonyl (C=O) groups is 1. The molecule has 4 nitrogen and oxygen atoms in total. The number of likely N-dealkylation sites (N-methyl/N-ethyl adjacent to an activating group) is 1. The highest BCUT2D eigenvalue weighted by Gasteiger charge is 2.58. The lowest BCUT2D eigenvalue weighted by atomic mass is 9.61. The summed E-state index contributed by atoms with van der Waals surface area (Å²) in [5.41, 5.74) is 3.43. The van der Waals surface area contributed by atoms with Gasteiger partial charge in [-0.1, -0.05) is 18.1 Å². The second kappa shape index (κ2) is 7.40. The summed E-state index contributed by atoms with van der Waals surface area (Å²) in [6.07, 6.45) is 13.1. The van der Waals surface area contributed by atoms with E-state index in [2.05, 4.69) is 31.5 Å². The summed E-state index contributed by atoms with van der Waals surface area (Å²) in [5, 5.41) is 7.51. The van der Waals surface area contributed by atoms with E-state index < -0.39 is 0 Å². The van der Waals surface area contributed by atoms with Crippen LogP contribution in [0.4, 0.5) is 0 Å².